The van der Waals surface area contributed by atoms with Gasteiger partial charge < -0.3 is 16.0 Å². The number of aromatic nitrogens is 2. The molecule has 0 amide bonds. The minimum Gasteiger partial charge on any atom is -0.380 e. The number of fused-ring (bicyclic) bond motifs is 1. The summed E-state index contributed by atoms with van der Waals surface area (Å²) in [7, 11) is 0. The van der Waals surface area contributed by atoms with Gasteiger partial charge in [0.05, 0.1) is 11.9 Å². The van der Waals surface area contributed by atoms with Gasteiger partial charge in [-0.05, 0) is 49.4 Å². The van der Waals surface area contributed by atoms with E-state index in [1.165, 1.54) is 18.3 Å². The number of nitrogens with two attached hydrogens (primary N) is 1. The van der Waals surface area contributed by atoms with Crippen molar-refractivity contribution in [2.24, 2.45) is 5.73 Å². The lowest BCUT2D eigenvalue weighted by Gasteiger charge is -2.28. The lowest BCUT2D eigenvalue weighted by molar-refractivity contribution is 0.408. The maximum Gasteiger partial charge on any atom is 0.146 e. The van der Waals surface area contributed by atoms with E-state index in [0.29, 0.717) is 16.7 Å². The van der Waals surface area contributed by atoms with E-state index >= 15 is 0 Å². The number of halogens is 2. The predicted molar refractivity (Wildman–Crippen MR) is 95.3 cm³/mol. The highest BCUT2D eigenvalue weighted by molar-refractivity contribution is 5.94. The molecule has 2 heterocycles. The maximum atomic E-state index is 14.3. The van der Waals surface area contributed by atoms with Crippen molar-refractivity contribution in [1.82, 2.24) is 9.97 Å². The van der Waals surface area contributed by atoms with Gasteiger partial charge in [0.15, 0.2) is 0 Å². The van der Waals surface area contributed by atoms with Crippen LogP contribution in [-0.2, 0) is 0 Å². The Morgan fingerprint density at radius 3 is 2.92 bits per heavy atom. The molecule has 1 aromatic carbocycles. The molecule has 1 saturated carbocycles. The Kier molecular flexibility index (Phi) is 4.13. The molecule has 4 nitrogen and oxygen atoms in total. The third-order valence-electron chi connectivity index (χ3n) is 4.85. The number of aromatic amines is 1. The zero-order chi connectivity index (χ0) is 17.4. The second-order valence-corrected chi connectivity index (χ2v) is 6.71. The van der Waals surface area contributed by atoms with Crippen LogP contribution in [-0.4, -0.2) is 22.1 Å². The van der Waals surface area contributed by atoms with Gasteiger partial charge in [0.25, 0.3) is 0 Å². The van der Waals surface area contributed by atoms with Crippen molar-refractivity contribution in [2.45, 2.75) is 37.8 Å². The maximum absolute atomic E-state index is 14.3. The number of rotatable bonds is 3. The Morgan fingerprint density at radius 2 is 2.08 bits per heavy atom. The van der Waals surface area contributed by atoms with Gasteiger partial charge in [-0.15, -0.1) is 0 Å². The number of nitrogens with one attached hydrogen (secondary N) is 2. The van der Waals surface area contributed by atoms with Crippen molar-refractivity contribution >= 4 is 16.7 Å². The minimum atomic E-state index is -0.398. The highest BCUT2D eigenvalue weighted by Crippen LogP contribution is 2.32. The number of anilines is 1. The number of H-pyrrole nitrogens is 1. The van der Waals surface area contributed by atoms with Crippen LogP contribution in [0.15, 0.2) is 36.7 Å². The van der Waals surface area contributed by atoms with Crippen molar-refractivity contribution in [3.8, 4) is 11.1 Å². The van der Waals surface area contributed by atoms with Crippen LogP contribution in [0.1, 0.15) is 25.7 Å². The van der Waals surface area contributed by atoms with Gasteiger partial charge in [0.1, 0.15) is 17.3 Å². The van der Waals surface area contributed by atoms with Gasteiger partial charge in [-0.25, -0.2) is 13.8 Å². The van der Waals surface area contributed by atoms with Crippen LogP contribution in [0, 0.1) is 11.6 Å². The molecule has 2 unspecified atom stereocenters. The summed E-state index contributed by atoms with van der Waals surface area (Å²) in [6.07, 6.45) is 6.84. The van der Waals surface area contributed by atoms with Gasteiger partial charge in [0.2, 0.25) is 0 Å². The molecule has 25 heavy (non-hydrogen) atoms. The first kappa shape index (κ1) is 16.0. The van der Waals surface area contributed by atoms with Crippen LogP contribution in [0.5, 0.6) is 0 Å². The minimum absolute atomic E-state index is 0.167. The average molecular weight is 342 g/mol. The Balaban J connectivity index is 1.67. The Bertz CT molecular complexity index is 906. The van der Waals surface area contributed by atoms with E-state index in [9.17, 15) is 8.78 Å². The number of benzene rings is 1. The topological polar surface area (TPSA) is 66.7 Å². The zero-order valence-corrected chi connectivity index (χ0v) is 13.7. The van der Waals surface area contributed by atoms with Crippen molar-refractivity contribution in [1.29, 1.82) is 0 Å². The number of hydrogen-bond donors (Lipinski definition) is 3. The summed E-state index contributed by atoms with van der Waals surface area (Å²) >= 11 is 0. The number of pyridine rings is 1. The molecule has 0 saturated heterocycles. The molecule has 1 fully saturated rings. The molecule has 0 aliphatic heterocycles. The van der Waals surface area contributed by atoms with Crippen LogP contribution >= 0.6 is 0 Å². The molecule has 1 aliphatic rings. The quantitative estimate of drug-likeness (QED) is 0.668. The first-order valence-electron chi connectivity index (χ1n) is 8.55. The monoisotopic (exact) mass is 342 g/mol. The molecule has 4 rings (SSSR count). The van der Waals surface area contributed by atoms with Crippen molar-refractivity contribution < 1.29 is 8.78 Å². The van der Waals surface area contributed by atoms with Gasteiger partial charge >= 0.3 is 0 Å². The van der Waals surface area contributed by atoms with Crippen LogP contribution in [0.3, 0.4) is 0 Å². The molecule has 0 bridgehead atoms. The molecule has 0 radical (unpaired) electrons. The van der Waals surface area contributed by atoms with E-state index in [1.807, 2.05) is 0 Å². The van der Waals surface area contributed by atoms with E-state index in [4.69, 9.17) is 5.73 Å². The molecule has 2 aromatic heterocycles. The predicted octanol–water partition coefficient (Wildman–Crippen LogP) is 4.19. The normalized spacial score (nSPS) is 20.8. The van der Waals surface area contributed by atoms with Gasteiger partial charge in [0, 0.05) is 29.2 Å². The van der Waals surface area contributed by atoms with E-state index in [0.717, 1.165) is 36.8 Å². The van der Waals surface area contributed by atoms with Crippen molar-refractivity contribution in [3.05, 3.63) is 48.3 Å². The summed E-state index contributed by atoms with van der Waals surface area (Å²) in [5, 5.41) is 3.96. The highest BCUT2D eigenvalue weighted by atomic mass is 19.1. The smallest absolute Gasteiger partial charge is 0.146 e. The molecule has 1 aliphatic carbocycles. The standard InChI is InChI=1S/C19H20F2N4/c20-12-7-15-16(10-24-19(15)23-9-12)11-4-5-17(21)18(6-11)25-14-3-1-2-13(22)8-14/h4-7,9-10,13-14,25H,1-3,8,22H2,(H,23,24). The van der Waals surface area contributed by atoms with Crippen LogP contribution in [0.2, 0.25) is 0 Å². The SMILES string of the molecule is NC1CCCC(Nc2cc(-c3c[nH]c4ncc(F)cc34)ccc2F)C1. The Hall–Kier alpha value is -2.47. The molecule has 2 atom stereocenters. The van der Waals surface area contributed by atoms with Crippen molar-refractivity contribution in [2.75, 3.05) is 5.32 Å². The molecule has 0 spiro atoms. The second-order valence-electron chi connectivity index (χ2n) is 6.71. The first-order chi connectivity index (χ1) is 12.1. The zero-order valence-electron chi connectivity index (χ0n) is 13.7. The molecular formula is C19H20F2N4. The fourth-order valence-electron chi connectivity index (χ4n) is 3.60. The van der Waals surface area contributed by atoms with E-state index in [1.54, 1.807) is 18.3 Å². The highest BCUT2D eigenvalue weighted by Gasteiger charge is 2.20. The average Bonchev–Trinajstić information content (AvgIpc) is 3.00. The van der Waals surface area contributed by atoms with Crippen LogP contribution in [0.25, 0.3) is 22.2 Å². The molecule has 130 valence electrons. The van der Waals surface area contributed by atoms with E-state index in [-0.39, 0.29) is 17.9 Å². The molecule has 6 heteroatoms. The largest absolute Gasteiger partial charge is 0.380 e. The summed E-state index contributed by atoms with van der Waals surface area (Å²) in [5.41, 5.74) is 8.68. The summed E-state index contributed by atoms with van der Waals surface area (Å²) in [6.45, 7) is 0. The fraction of sp³-hybridized carbons (Fsp3) is 0.316. The molecule has 4 N–H and O–H groups in total. The van der Waals surface area contributed by atoms with Crippen LogP contribution < -0.4 is 11.1 Å². The van der Waals surface area contributed by atoms with Crippen LogP contribution in [0.4, 0.5) is 14.5 Å². The Labute approximate surface area is 144 Å². The Morgan fingerprint density at radius 1 is 1.20 bits per heavy atom. The summed E-state index contributed by atoms with van der Waals surface area (Å²) in [4.78, 5) is 7.06. The van der Waals surface area contributed by atoms with Gasteiger partial charge in [-0.2, -0.15) is 0 Å². The lowest BCUT2D eigenvalue weighted by atomic mass is 9.91. The van der Waals surface area contributed by atoms with Crippen molar-refractivity contribution in [3.63, 3.8) is 0 Å². The molecule has 3 aromatic rings. The lowest BCUT2D eigenvalue weighted by Crippen LogP contribution is -2.35. The summed E-state index contributed by atoms with van der Waals surface area (Å²) in [6, 6.07) is 6.68. The summed E-state index contributed by atoms with van der Waals surface area (Å²) in [5.74, 6) is -0.697. The number of hydrogen-bond acceptors (Lipinski definition) is 3. The van der Waals surface area contributed by atoms with E-state index < -0.39 is 5.82 Å². The third-order valence-corrected chi connectivity index (χ3v) is 4.85. The fourth-order valence-corrected chi connectivity index (χ4v) is 3.60. The third kappa shape index (κ3) is 3.22. The number of nitrogens with zero attached hydrogens (tertiary/aromatic N) is 1. The van der Waals surface area contributed by atoms with Gasteiger partial charge in [-0.1, -0.05) is 6.07 Å². The second kappa shape index (κ2) is 6.44. The molecular weight excluding hydrogens is 322 g/mol. The summed E-state index contributed by atoms with van der Waals surface area (Å²) < 4.78 is 27.8. The van der Waals surface area contributed by atoms with Gasteiger partial charge in [-0.3, -0.25) is 0 Å². The van der Waals surface area contributed by atoms with E-state index in [2.05, 4.69) is 15.3 Å². The first-order valence-corrected chi connectivity index (χ1v) is 8.55.